The summed E-state index contributed by atoms with van der Waals surface area (Å²) in [6, 6.07) is 13.3. The maximum absolute atomic E-state index is 12.6. The first-order valence-electron chi connectivity index (χ1n) is 11.5. The molecule has 2 aliphatic heterocycles. The number of anilines is 3. The monoisotopic (exact) mass is 449 g/mol. The molecule has 0 spiro atoms. The number of hydrogen-bond acceptors (Lipinski definition) is 5. The summed E-state index contributed by atoms with van der Waals surface area (Å²) < 4.78 is 0. The van der Waals surface area contributed by atoms with Crippen LogP contribution in [-0.2, 0) is 20.8 Å². The molecule has 33 heavy (non-hydrogen) atoms. The smallest absolute Gasteiger partial charge is 0.313 e. The summed E-state index contributed by atoms with van der Waals surface area (Å²) in [5.41, 5.74) is 4.78. The molecule has 0 bridgehead atoms. The van der Waals surface area contributed by atoms with E-state index < -0.39 is 11.8 Å². The van der Waals surface area contributed by atoms with Crippen LogP contribution in [-0.4, -0.2) is 55.8 Å². The van der Waals surface area contributed by atoms with E-state index >= 15 is 0 Å². The van der Waals surface area contributed by atoms with Gasteiger partial charge in [-0.3, -0.25) is 19.3 Å². The molecule has 2 aromatic carbocycles. The molecule has 0 aromatic heterocycles. The maximum Gasteiger partial charge on any atom is 0.313 e. The van der Waals surface area contributed by atoms with Crippen LogP contribution in [0.1, 0.15) is 36.9 Å². The van der Waals surface area contributed by atoms with Gasteiger partial charge in [-0.15, -0.1) is 0 Å². The highest BCUT2D eigenvalue weighted by atomic mass is 16.2. The van der Waals surface area contributed by atoms with Gasteiger partial charge in [0.05, 0.1) is 6.04 Å². The quantitative estimate of drug-likeness (QED) is 0.590. The molecule has 8 heteroatoms. The first-order chi connectivity index (χ1) is 15.9. The van der Waals surface area contributed by atoms with Gasteiger partial charge in [0.1, 0.15) is 0 Å². The van der Waals surface area contributed by atoms with E-state index in [0.717, 1.165) is 38.9 Å². The topological polar surface area (TPSA) is 93.8 Å². The lowest BCUT2D eigenvalue weighted by Gasteiger charge is -2.28. The molecule has 0 radical (unpaired) electrons. The molecule has 0 unspecified atom stereocenters. The molecule has 0 saturated carbocycles. The first-order valence-corrected chi connectivity index (χ1v) is 11.5. The van der Waals surface area contributed by atoms with Gasteiger partial charge in [0.25, 0.3) is 0 Å². The third kappa shape index (κ3) is 5.51. The molecule has 1 fully saturated rings. The third-order valence-corrected chi connectivity index (χ3v) is 6.30. The van der Waals surface area contributed by atoms with Crippen molar-refractivity contribution in [2.24, 2.45) is 0 Å². The van der Waals surface area contributed by atoms with E-state index in [9.17, 15) is 14.4 Å². The average molecular weight is 450 g/mol. The highest BCUT2D eigenvalue weighted by molar-refractivity contribution is 6.39. The number of carbonyl (C=O) groups excluding carboxylic acids is 3. The van der Waals surface area contributed by atoms with Crippen molar-refractivity contribution in [3.05, 3.63) is 53.6 Å². The van der Waals surface area contributed by atoms with Crippen molar-refractivity contribution in [1.82, 2.24) is 10.2 Å². The molecule has 2 heterocycles. The standard InChI is InChI=1S/C25H31N5O3/c1-17(31)27-20-6-5-7-21(15-20)28-25(33)24(32)26-16-23(30-11-3-4-12-30)18-8-9-22-19(14-18)10-13-29(22)2/h5-9,14-15,23H,3-4,10-13,16H2,1-2H3,(H,26,32)(H,27,31)(H,28,33)/t23-/m1/s1. The lowest BCUT2D eigenvalue weighted by atomic mass is 10.0. The van der Waals surface area contributed by atoms with Gasteiger partial charge in [-0.1, -0.05) is 18.2 Å². The van der Waals surface area contributed by atoms with Gasteiger partial charge < -0.3 is 20.9 Å². The van der Waals surface area contributed by atoms with Crippen molar-refractivity contribution in [3.63, 3.8) is 0 Å². The van der Waals surface area contributed by atoms with Crippen LogP contribution >= 0.6 is 0 Å². The number of nitrogens with one attached hydrogen (secondary N) is 3. The van der Waals surface area contributed by atoms with E-state index in [2.05, 4.69) is 51.0 Å². The van der Waals surface area contributed by atoms with Crippen molar-refractivity contribution >= 4 is 34.8 Å². The van der Waals surface area contributed by atoms with Crippen LogP contribution in [0.2, 0.25) is 0 Å². The molecule has 3 amide bonds. The van der Waals surface area contributed by atoms with Gasteiger partial charge in [0, 0.05) is 44.1 Å². The summed E-state index contributed by atoms with van der Waals surface area (Å²) in [6.45, 7) is 4.77. The Morgan fingerprint density at radius 1 is 0.939 bits per heavy atom. The van der Waals surface area contributed by atoms with E-state index in [1.54, 1.807) is 24.3 Å². The van der Waals surface area contributed by atoms with E-state index in [4.69, 9.17) is 0 Å². The Hall–Kier alpha value is -3.39. The SMILES string of the molecule is CC(=O)Nc1cccc(NC(=O)C(=O)NC[C@H](c2ccc3c(c2)CCN3C)N2CCCC2)c1. The fraction of sp³-hybridized carbons (Fsp3) is 0.400. The molecule has 1 saturated heterocycles. The van der Waals surface area contributed by atoms with Crippen molar-refractivity contribution in [2.75, 3.05) is 48.8 Å². The minimum absolute atomic E-state index is 0.0311. The van der Waals surface area contributed by atoms with Crippen LogP contribution in [0.15, 0.2) is 42.5 Å². The van der Waals surface area contributed by atoms with Gasteiger partial charge in [0.15, 0.2) is 0 Å². The van der Waals surface area contributed by atoms with Crippen LogP contribution in [0.4, 0.5) is 17.1 Å². The van der Waals surface area contributed by atoms with Crippen molar-refractivity contribution < 1.29 is 14.4 Å². The zero-order chi connectivity index (χ0) is 23.4. The predicted molar refractivity (Wildman–Crippen MR) is 129 cm³/mol. The van der Waals surface area contributed by atoms with E-state index in [1.807, 2.05) is 0 Å². The summed E-state index contributed by atoms with van der Waals surface area (Å²) in [4.78, 5) is 40.9. The fourth-order valence-electron chi connectivity index (χ4n) is 4.64. The summed E-state index contributed by atoms with van der Waals surface area (Å²) in [6.07, 6.45) is 3.31. The number of benzene rings is 2. The van der Waals surface area contributed by atoms with Crippen molar-refractivity contribution in [2.45, 2.75) is 32.2 Å². The van der Waals surface area contributed by atoms with Crippen LogP contribution in [0, 0.1) is 0 Å². The summed E-state index contributed by atoms with van der Waals surface area (Å²) >= 11 is 0. The summed E-state index contributed by atoms with van der Waals surface area (Å²) in [5, 5.41) is 8.09. The maximum atomic E-state index is 12.6. The van der Waals surface area contributed by atoms with Gasteiger partial charge >= 0.3 is 11.8 Å². The molecular weight excluding hydrogens is 418 g/mol. The minimum Gasteiger partial charge on any atom is -0.374 e. The molecular formula is C25H31N5O3. The van der Waals surface area contributed by atoms with Gasteiger partial charge in [0.2, 0.25) is 5.91 Å². The molecule has 1 atom stereocenters. The number of nitrogens with zero attached hydrogens (tertiary/aromatic N) is 2. The average Bonchev–Trinajstić information content (AvgIpc) is 3.44. The lowest BCUT2D eigenvalue weighted by Crippen LogP contribution is -2.41. The van der Waals surface area contributed by atoms with Gasteiger partial charge in [-0.25, -0.2) is 0 Å². The molecule has 2 aromatic rings. The highest BCUT2D eigenvalue weighted by Crippen LogP contribution is 2.32. The highest BCUT2D eigenvalue weighted by Gasteiger charge is 2.27. The van der Waals surface area contributed by atoms with Crippen molar-refractivity contribution in [1.29, 1.82) is 0 Å². The van der Waals surface area contributed by atoms with Crippen LogP contribution in [0.3, 0.4) is 0 Å². The molecule has 0 aliphatic carbocycles. The number of carbonyl (C=O) groups is 3. The third-order valence-electron chi connectivity index (χ3n) is 6.30. The van der Waals surface area contributed by atoms with E-state index in [0.29, 0.717) is 17.9 Å². The molecule has 2 aliphatic rings. The van der Waals surface area contributed by atoms with E-state index in [-0.39, 0.29) is 11.9 Å². The molecule has 8 nitrogen and oxygen atoms in total. The number of likely N-dealkylation sites (tertiary alicyclic amines) is 1. The number of amides is 3. The number of fused-ring (bicyclic) bond motifs is 1. The normalized spacial score (nSPS) is 16.2. The Bertz CT molecular complexity index is 1050. The lowest BCUT2D eigenvalue weighted by molar-refractivity contribution is -0.136. The Balaban J connectivity index is 1.41. The number of hydrogen-bond donors (Lipinski definition) is 3. The van der Waals surface area contributed by atoms with Crippen LogP contribution < -0.4 is 20.9 Å². The van der Waals surface area contributed by atoms with Crippen LogP contribution in [0.5, 0.6) is 0 Å². The molecule has 4 rings (SSSR count). The second-order valence-electron chi connectivity index (χ2n) is 8.74. The minimum atomic E-state index is -0.731. The molecule has 3 N–H and O–H groups in total. The largest absolute Gasteiger partial charge is 0.374 e. The Labute approximate surface area is 194 Å². The Morgan fingerprint density at radius 3 is 2.39 bits per heavy atom. The number of likely N-dealkylation sites (N-methyl/N-ethyl adjacent to an activating group) is 1. The fourth-order valence-corrected chi connectivity index (χ4v) is 4.64. The second-order valence-corrected chi connectivity index (χ2v) is 8.74. The summed E-state index contributed by atoms with van der Waals surface area (Å²) in [5.74, 6) is -1.61. The Morgan fingerprint density at radius 2 is 1.67 bits per heavy atom. The predicted octanol–water partition coefficient (Wildman–Crippen LogP) is 2.53. The van der Waals surface area contributed by atoms with Crippen LogP contribution in [0.25, 0.3) is 0 Å². The van der Waals surface area contributed by atoms with Crippen molar-refractivity contribution in [3.8, 4) is 0 Å². The van der Waals surface area contributed by atoms with Gasteiger partial charge in [-0.05, 0) is 67.7 Å². The van der Waals surface area contributed by atoms with E-state index in [1.165, 1.54) is 23.7 Å². The first kappa shape index (κ1) is 22.8. The molecule has 174 valence electrons. The Kier molecular flexibility index (Phi) is 6.93. The zero-order valence-electron chi connectivity index (χ0n) is 19.2. The zero-order valence-corrected chi connectivity index (χ0v) is 19.2. The second kappa shape index (κ2) is 10.0. The van der Waals surface area contributed by atoms with Gasteiger partial charge in [-0.2, -0.15) is 0 Å². The summed E-state index contributed by atoms with van der Waals surface area (Å²) in [7, 11) is 2.11. The number of rotatable bonds is 6.